The molecule has 2 N–H and O–H groups in total. The summed E-state index contributed by atoms with van der Waals surface area (Å²) in [6, 6.07) is 9.94. The van der Waals surface area contributed by atoms with Crippen LogP contribution in [0.15, 0.2) is 35.3 Å². The molecule has 0 saturated carbocycles. The molecule has 4 nitrogen and oxygen atoms in total. The lowest BCUT2D eigenvalue weighted by atomic mass is 10.3. The number of unbranched alkanes of at least 4 members (excludes halogenated alkanes) is 1. The van der Waals surface area contributed by atoms with Crippen LogP contribution < -0.4 is 15.4 Å². The van der Waals surface area contributed by atoms with Crippen molar-refractivity contribution in [2.45, 2.75) is 33.1 Å². The van der Waals surface area contributed by atoms with Gasteiger partial charge in [0.05, 0.1) is 6.61 Å². The third-order valence-corrected chi connectivity index (χ3v) is 2.71. The molecule has 0 bridgehead atoms. The molecule has 0 unspecified atom stereocenters. The summed E-state index contributed by atoms with van der Waals surface area (Å²) in [5.74, 6) is 1.86. The van der Waals surface area contributed by atoms with Crippen LogP contribution >= 0.6 is 0 Å². The Hall–Kier alpha value is -1.71. The molecule has 0 aliphatic heterocycles. The molecule has 4 heteroatoms. The van der Waals surface area contributed by atoms with Crippen molar-refractivity contribution >= 4 is 5.96 Å². The highest BCUT2D eigenvalue weighted by Crippen LogP contribution is 2.08. The number of benzene rings is 1. The normalized spacial score (nSPS) is 11.2. The summed E-state index contributed by atoms with van der Waals surface area (Å²) in [7, 11) is 0. The summed E-state index contributed by atoms with van der Waals surface area (Å²) < 4.78 is 5.65. The van der Waals surface area contributed by atoms with Crippen LogP contribution in [0.5, 0.6) is 5.75 Å². The molecule has 0 aliphatic carbocycles. The monoisotopic (exact) mass is 277 g/mol. The van der Waals surface area contributed by atoms with Crippen molar-refractivity contribution < 1.29 is 4.74 Å². The lowest BCUT2D eigenvalue weighted by Crippen LogP contribution is -2.37. The maximum absolute atomic E-state index is 5.65. The molecule has 0 amide bonds. The molecule has 0 spiro atoms. The fourth-order valence-electron chi connectivity index (χ4n) is 1.71. The van der Waals surface area contributed by atoms with E-state index in [2.05, 4.69) is 29.5 Å². The first-order valence-corrected chi connectivity index (χ1v) is 7.56. The first-order chi connectivity index (χ1) is 9.86. The molecule has 0 radical (unpaired) electrons. The van der Waals surface area contributed by atoms with E-state index in [1.807, 2.05) is 30.3 Å². The molecule has 0 aromatic heterocycles. The van der Waals surface area contributed by atoms with Gasteiger partial charge in [0, 0.05) is 19.6 Å². The van der Waals surface area contributed by atoms with Crippen LogP contribution in [0, 0.1) is 0 Å². The third kappa shape index (κ3) is 7.67. The van der Waals surface area contributed by atoms with Gasteiger partial charge in [-0.25, -0.2) is 0 Å². The zero-order chi connectivity index (χ0) is 14.5. The number of aliphatic imine (C=N–C) groups is 1. The van der Waals surface area contributed by atoms with Crippen molar-refractivity contribution in [3.63, 3.8) is 0 Å². The smallest absolute Gasteiger partial charge is 0.191 e. The Labute approximate surface area is 122 Å². The van der Waals surface area contributed by atoms with Gasteiger partial charge < -0.3 is 15.4 Å². The van der Waals surface area contributed by atoms with Crippen molar-refractivity contribution in [3.05, 3.63) is 30.3 Å². The van der Waals surface area contributed by atoms with E-state index in [1.165, 1.54) is 0 Å². The van der Waals surface area contributed by atoms with Gasteiger partial charge >= 0.3 is 0 Å². The number of nitrogens with one attached hydrogen (secondary N) is 2. The minimum atomic E-state index is 0.758. The number of guanidine groups is 1. The minimum Gasteiger partial charge on any atom is -0.494 e. The summed E-state index contributed by atoms with van der Waals surface area (Å²) in [5.41, 5.74) is 0. The first-order valence-electron chi connectivity index (χ1n) is 7.56. The summed E-state index contributed by atoms with van der Waals surface area (Å²) >= 11 is 0. The van der Waals surface area contributed by atoms with Gasteiger partial charge in [-0.1, -0.05) is 25.1 Å². The van der Waals surface area contributed by atoms with Crippen LogP contribution in [-0.2, 0) is 0 Å². The summed E-state index contributed by atoms with van der Waals surface area (Å²) in [4.78, 5) is 4.46. The van der Waals surface area contributed by atoms with E-state index >= 15 is 0 Å². The first kappa shape index (κ1) is 16.3. The van der Waals surface area contributed by atoms with E-state index in [0.29, 0.717) is 0 Å². The van der Waals surface area contributed by atoms with E-state index < -0.39 is 0 Å². The Morgan fingerprint density at radius 1 is 1.10 bits per heavy atom. The Balaban J connectivity index is 2.08. The number of nitrogens with zero attached hydrogens (tertiary/aromatic N) is 1. The number of para-hydroxylation sites is 1. The lowest BCUT2D eigenvalue weighted by molar-refractivity contribution is 0.307. The molecule has 1 aromatic carbocycles. The number of hydrogen-bond donors (Lipinski definition) is 2. The topological polar surface area (TPSA) is 45.7 Å². The van der Waals surface area contributed by atoms with E-state index in [-0.39, 0.29) is 0 Å². The SMILES string of the molecule is CCCN=C(NCC)NCCCCOc1ccccc1. The Morgan fingerprint density at radius 3 is 2.60 bits per heavy atom. The maximum atomic E-state index is 5.65. The minimum absolute atomic E-state index is 0.758. The second-order valence-corrected chi connectivity index (χ2v) is 4.56. The molecule has 0 saturated heterocycles. The van der Waals surface area contributed by atoms with E-state index in [0.717, 1.165) is 57.2 Å². The van der Waals surface area contributed by atoms with Gasteiger partial charge in [-0.2, -0.15) is 0 Å². The standard InChI is InChI=1S/C16H27N3O/c1-3-12-18-16(17-4-2)19-13-8-9-14-20-15-10-6-5-7-11-15/h5-7,10-11H,3-4,8-9,12-14H2,1-2H3,(H2,17,18,19). The van der Waals surface area contributed by atoms with Crippen LogP contribution in [0.2, 0.25) is 0 Å². The van der Waals surface area contributed by atoms with Crippen molar-refractivity contribution in [1.82, 2.24) is 10.6 Å². The van der Waals surface area contributed by atoms with Crippen molar-refractivity contribution in [2.75, 3.05) is 26.2 Å². The van der Waals surface area contributed by atoms with Crippen molar-refractivity contribution in [1.29, 1.82) is 0 Å². The summed E-state index contributed by atoms with van der Waals surface area (Å²) in [6.07, 6.45) is 3.18. The van der Waals surface area contributed by atoms with E-state index in [4.69, 9.17) is 4.74 Å². The molecule has 0 heterocycles. The predicted molar refractivity (Wildman–Crippen MR) is 85.4 cm³/mol. The molecule has 0 atom stereocenters. The zero-order valence-electron chi connectivity index (χ0n) is 12.7. The van der Waals surface area contributed by atoms with Crippen LogP contribution in [0.1, 0.15) is 33.1 Å². The largest absolute Gasteiger partial charge is 0.494 e. The van der Waals surface area contributed by atoms with Gasteiger partial charge in [0.15, 0.2) is 5.96 Å². The molecule has 1 aromatic rings. The highest BCUT2D eigenvalue weighted by atomic mass is 16.5. The van der Waals surface area contributed by atoms with E-state index in [9.17, 15) is 0 Å². The predicted octanol–water partition coefficient (Wildman–Crippen LogP) is 2.81. The van der Waals surface area contributed by atoms with Gasteiger partial charge in [-0.15, -0.1) is 0 Å². The van der Waals surface area contributed by atoms with Gasteiger partial charge in [0.1, 0.15) is 5.75 Å². The van der Waals surface area contributed by atoms with Crippen molar-refractivity contribution in [2.24, 2.45) is 4.99 Å². The van der Waals surface area contributed by atoms with Gasteiger partial charge in [0.2, 0.25) is 0 Å². The molecule has 0 aliphatic rings. The molecule has 1 rings (SSSR count). The van der Waals surface area contributed by atoms with Gasteiger partial charge in [-0.3, -0.25) is 4.99 Å². The Kier molecular flexibility index (Phi) is 9.11. The van der Waals surface area contributed by atoms with E-state index in [1.54, 1.807) is 0 Å². The highest BCUT2D eigenvalue weighted by Gasteiger charge is 1.96. The molecule has 0 fully saturated rings. The second kappa shape index (κ2) is 11.1. The number of rotatable bonds is 9. The van der Waals surface area contributed by atoms with Crippen LogP contribution in [0.25, 0.3) is 0 Å². The number of hydrogen-bond acceptors (Lipinski definition) is 2. The fourth-order valence-corrected chi connectivity index (χ4v) is 1.71. The van der Waals surface area contributed by atoms with Crippen molar-refractivity contribution in [3.8, 4) is 5.75 Å². The van der Waals surface area contributed by atoms with Crippen LogP contribution in [-0.4, -0.2) is 32.2 Å². The third-order valence-electron chi connectivity index (χ3n) is 2.71. The fraction of sp³-hybridized carbons (Fsp3) is 0.562. The van der Waals surface area contributed by atoms with Gasteiger partial charge in [0.25, 0.3) is 0 Å². The molecule has 20 heavy (non-hydrogen) atoms. The molecular formula is C16H27N3O. The molecular weight excluding hydrogens is 250 g/mol. The maximum Gasteiger partial charge on any atom is 0.191 e. The molecule has 112 valence electrons. The number of ether oxygens (including phenoxy) is 1. The summed E-state index contributed by atoms with van der Waals surface area (Å²) in [5, 5.41) is 6.58. The van der Waals surface area contributed by atoms with Gasteiger partial charge in [-0.05, 0) is 38.3 Å². The lowest BCUT2D eigenvalue weighted by Gasteiger charge is -2.11. The van der Waals surface area contributed by atoms with Crippen LogP contribution in [0.4, 0.5) is 0 Å². The highest BCUT2D eigenvalue weighted by molar-refractivity contribution is 5.79. The quantitative estimate of drug-likeness (QED) is 0.414. The average Bonchev–Trinajstić information content (AvgIpc) is 2.49. The zero-order valence-corrected chi connectivity index (χ0v) is 12.7. The van der Waals surface area contributed by atoms with Crippen LogP contribution in [0.3, 0.4) is 0 Å². The summed E-state index contributed by atoms with van der Waals surface area (Å²) in [6.45, 7) is 7.66. The second-order valence-electron chi connectivity index (χ2n) is 4.56. The average molecular weight is 277 g/mol. The Bertz CT molecular complexity index is 365. The Morgan fingerprint density at radius 2 is 1.90 bits per heavy atom.